The van der Waals surface area contributed by atoms with Crippen LogP contribution >= 0.6 is 22.7 Å². The van der Waals surface area contributed by atoms with Gasteiger partial charge in [-0.15, -0.1) is 22.7 Å². The Hall–Kier alpha value is -3.05. The predicted octanol–water partition coefficient (Wildman–Crippen LogP) is 1.65. The summed E-state index contributed by atoms with van der Waals surface area (Å²) in [5, 5.41) is 9.32. The first-order valence-electron chi connectivity index (χ1n) is 7.31. The number of rotatable bonds is 7. The van der Waals surface area contributed by atoms with Gasteiger partial charge in [0.2, 0.25) is 11.8 Å². The van der Waals surface area contributed by atoms with Gasteiger partial charge >= 0.3 is 0 Å². The number of carbonyl (C=O) groups is 3. The molecule has 0 saturated heterocycles. The number of furan rings is 1. The highest BCUT2D eigenvalue weighted by Gasteiger charge is 2.14. The number of anilines is 2. The Morgan fingerprint density at radius 2 is 1.69 bits per heavy atom. The molecule has 0 bridgehead atoms. The fourth-order valence-electron chi connectivity index (χ4n) is 1.96. The van der Waals surface area contributed by atoms with Gasteiger partial charge in [0.15, 0.2) is 16.0 Å². The average Bonchev–Trinajstić information content (AvgIpc) is 3.29. The molecule has 134 valence electrons. The molecule has 3 heterocycles. The molecule has 0 unspecified atom stereocenters. The summed E-state index contributed by atoms with van der Waals surface area (Å²) in [6, 6.07) is 3.15. The molecule has 0 aromatic carbocycles. The van der Waals surface area contributed by atoms with E-state index < -0.39 is 11.8 Å². The average molecular weight is 391 g/mol. The first-order valence-corrected chi connectivity index (χ1v) is 9.07. The van der Waals surface area contributed by atoms with Crippen molar-refractivity contribution in [1.82, 2.24) is 9.97 Å². The lowest BCUT2D eigenvalue weighted by Gasteiger charge is -1.99. The molecule has 4 N–H and O–H groups in total. The number of nitrogens with zero attached hydrogens (tertiary/aromatic N) is 2. The van der Waals surface area contributed by atoms with Crippen LogP contribution in [0.25, 0.3) is 0 Å². The van der Waals surface area contributed by atoms with E-state index in [4.69, 9.17) is 10.2 Å². The lowest BCUT2D eigenvalue weighted by molar-refractivity contribution is -0.117. The van der Waals surface area contributed by atoms with Crippen LogP contribution in [0.15, 0.2) is 33.6 Å². The van der Waals surface area contributed by atoms with Gasteiger partial charge in [0.05, 0.1) is 30.5 Å². The third kappa shape index (κ3) is 4.74. The smallest absolute Gasteiger partial charge is 0.293 e. The number of nitrogens with one attached hydrogen (secondary N) is 2. The van der Waals surface area contributed by atoms with E-state index in [0.29, 0.717) is 21.7 Å². The van der Waals surface area contributed by atoms with Gasteiger partial charge in [0, 0.05) is 10.8 Å². The number of amides is 3. The largest absolute Gasteiger partial charge is 0.459 e. The number of thiazole rings is 2. The van der Waals surface area contributed by atoms with Crippen LogP contribution in [0, 0.1) is 0 Å². The number of nitrogens with two attached hydrogens (primary N) is 1. The summed E-state index contributed by atoms with van der Waals surface area (Å²) in [5.41, 5.74) is 6.12. The zero-order valence-electron chi connectivity index (χ0n) is 13.2. The second kappa shape index (κ2) is 7.89. The van der Waals surface area contributed by atoms with Gasteiger partial charge in [-0.05, 0) is 12.1 Å². The van der Waals surface area contributed by atoms with Crippen molar-refractivity contribution in [3.63, 3.8) is 0 Å². The summed E-state index contributed by atoms with van der Waals surface area (Å²) in [4.78, 5) is 43.1. The standard InChI is InChI=1S/C15H13N5O4S2/c16-11(21)4-8-6-25-14(17-8)19-12(22)5-9-7-26-15(18-9)20-13(23)10-2-1-3-24-10/h1-3,6-7H,4-5H2,(H2,16,21)(H,17,19,22)(H,18,20,23). The SMILES string of the molecule is NC(=O)Cc1csc(NC(=O)Cc2csc(NC(=O)c3ccco3)n2)n1. The molecule has 3 amide bonds. The molecule has 0 aliphatic carbocycles. The highest BCUT2D eigenvalue weighted by molar-refractivity contribution is 7.14. The van der Waals surface area contributed by atoms with Crippen LogP contribution in [-0.2, 0) is 22.4 Å². The topological polar surface area (TPSA) is 140 Å². The summed E-state index contributed by atoms with van der Waals surface area (Å²) >= 11 is 2.41. The van der Waals surface area contributed by atoms with Crippen molar-refractivity contribution < 1.29 is 18.8 Å². The number of hydrogen-bond acceptors (Lipinski definition) is 8. The number of primary amides is 1. The number of hydrogen-bond donors (Lipinski definition) is 3. The minimum Gasteiger partial charge on any atom is -0.459 e. The van der Waals surface area contributed by atoms with E-state index >= 15 is 0 Å². The van der Waals surface area contributed by atoms with Gasteiger partial charge in [-0.25, -0.2) is 9.97 Å². The lowest BCUT2D eigenvalue weighted by atomic mass is 10.3. The Bertz CT molecular complexity index is 932. The van der Waals surface area contributed by atoms with Crippen LogP contribution in [-0.4, -0.2) is 27.7 Å². The van der Waals surface area contributed by atoms with Gasteiger partial charge in [-0.3, -0.25) is 19.7 Å². The highest BCUT2D eigenvalue weighted by Crippen LogP contribution is 2.19. The van der Waals surface area contributed by atoms with E-state index in [-0.39, 0.29) is 24.5 Å². The summed E-state index contributed by atoms with van der Waals surface area (Å²) in [5.74, 6) is -1.03. The zero-order chi connectivity index (χ0) is 18.5. The summed E-state index contributed by atoms with van der Waals surface area (Å²) in [7, 11) is 0. The fraction of sp³-hybridized carbons (Fsp3) is 0.133. The van der Waals surface area contributed by atoms with Gasteiger partial charge in [0.25, 0.3) is 5.91 Å². The van der Waals surface area contributed by atoms with Crippen molar-refractivity contribution in [2.75, 3.05) is 10.6 Å². The Kier molecular flexibility index (Phi) is 5.39. The maximum Gasteiger partial charge on any atom is 0.293 e. The Morgan fingerprint density at radius 3 is 2.31 bits per heavy atom. The summed E-state index contributed by atoms with van der Waals surface area (Å²) in [6.45, 7) is 0. The Morgan fingerprint density at radius 1 is 1.04 bits per heavy atom. The molecule has 26 heavy (non-hydrogen) atoms. The van der Waals surface area contributed by atoms with Crippen molar-refractivity contribution in [3.8, 4) is 0 Å². The Labute approximate surface area is 155 Å². The second-order valence-electron chi connectivity index (χ2n) is 5.09. The lowest BCUT2D eigenvalue weighted by Crippen LogP contribution is -2.16. The van der Waals surface area contributed by atoms with Gasteiger partial charge < -0.3 is 15.5 Å². The van der Waals surface area contributed by atoms with Crippen molar-refractivity contribution in [2.45, 2.75) is 12.8 Å². The maximum atomic E-state index is 12.1. The van der Waals surface area contributed by atoms with Crippen LogP contribution in [0.4, 0.5) is 10.3 Å². The molecule has 0 spiro atoms. The molecule has 0 atom stereocenters. The monoisotopic (exact) mass is 391 g/mol. The van der Waals surface area contributed by atoms with E-state index in [1.165, 1.54) is 35.0 Å². The molecule has 11 heteroatoms. The fourth-order valence-corrected chi connectivity index (χ4v) is 3.40. The predicted molar refractivity (Wildman–Crippen MR) is 96.1 cm³/mol. The van der Waals surface area contributed by atoms with Crippen molar-refractivity contribution in [3.05, 3.63) is 46.3 Å². The highest BCUT2D eigenvalue weighted by atomic mass is 32.1. The van der Waals surface area contributed by atoms with Crippen molar-refractivity contribution in [1.29, 1.82) is 0 Å². The maximum absolute atomic E-state index is 12.1. The molecule has 9 nitrogen and oxygen atoms in total. The van der Waals surface area contributed by atoms with E-state index in [2.05, 4.69) is 20.6 Å². The van der Waals surface area contributed by atoms with Crippen LogP contribution in [0.2, 0.25) is 0 Å². The molecule has 3 aromatic rings. The van der Waals surface area contributed by atoms with Gasteiger partial charge in [0.1, 0.15) is 0 Å². The van der Waals surface area contributed by atoms with E-state index in [9.17, 15) is 14.4 Å². The number of aromatic nitrogens is 2. The van der Waals surface area contributed by atoms with Gasteiger partial charge in [-0.1, -0.05) is 0 Å². The molecular formula is C15H13N5O4S2. The van der Waals surface area contributed by atoms with Crippen molar-refractivity contribution >= 4 is 50.7 Å². The molecule has 0 aliphatic rings. The van der Waals surface area contributed by atoms with E-state index in [0.717, 1.165) is 0 Å². The van der Waals surface area contributed by atoms with E-state index in [1.807, 2.05) is 0 Å². The first kappa shape index (κ1) is 17.8. The molecule has 0 radical (unpaired) electrons. The summed E-state index contributed by atoms with van der Waals surface area (Å²) < 4.78 is 5.00. The second-order valence-corrected chi connectivity index (χ2v) is 6.80. The molecule has 0 fully saturated rings. The third-order valence-corrected chi connectivity index (χ3v) is 4.63. The molecule has 3 aromatic heterocycles. The molecular weight excluding hydrogens is 378 g/mol. The van der Waals surface area contributed by atoms with Gasteiger partial charge in [-0.2, -0.15) is 0 Å². The zero-order valence-corrected chi connectivity index (χ0v) is 14.9. The molecule has 0 saturated carbocycles. The Balaban J connectivity index is 1.53. The summed E-state index contributed by atoms with van der Waals surface area (Å²) in [6.07, 6.45) is 1.45. The normalized spacial score (nSPS) is 10.5. The molecule has 0 aliphatic heterocycles. The van der Waals surface area contributed by atoms with E-state index in [1.54, 1.807) is 16.8 Å². The van der Waals surface area contributed by atoms with Crippen molar-refractivity contribution in [2.24, 2.45) is 5.73 Å². The molecule has 3 rings (SSSR count). The first-order chi connectivity index (χ1) is 12.5. The minimum atomic E-state index is -0.486. The van der Waals surface area contributed by atoms with Crippen LogP contribution in [0.5, 0.6) is 0 Å². The quantitative estimate of drug-likeness (QED) is 0.559. The number of carbonyl (C=O) groups excluding carboxylic acids is 3. The van der Waals surface area contributed by atoms with Crippen LogP contribution in [0.3, 0.4) is 0 Å². The third-order valence-electron chi connectivity index (χ3n) is 3.01. The van der Waals surface area contributed by atoms with Crippen LogP contribution in [0.1, 0.15) is 21.9 Å². The van der Waals surface area contributed by atoms with Crippen LogP contribution < -0.4 is 16.4 Å². The minimum absolute atomic E-state index is 0.0250.